The van der Waals surface area contributed by atoms with Crippen LogP contribution in [0.15, 0.2) is 24.3 Å². The van der Waals surface area contributed by atoms with E-state index in [4.69, 9.17) is 4.74 Å². The fourth-order valence-electron chi connectivity index (χ4n) is 3.36. The monoisotopic (exact) mass is 342 g/mol. The molecule has 0 spiro atoms. The van der Waals surface area contributed by atoms with Crippen molar-refractivity contribution in [3.63, 3.8) is 0 Å². The third-order valence-corrected chi connectivity index (χ3v) is 4.79. The Kier molecular flexibility index (Phi) is 4.99. The number of alkyl halides is 3. The zero-order valence-electron chi connectivity index (χ0n) is 13.2. The fourth-order valence-corrected chi connectivity index (χ4v) is 3.36. The summed E-state index contributed by atoms with van der Waals surface area (Å²) in [6.07, 6.45) is -0.560. The SMILES string of the molecule is O=C(NCCc1ccc(C(F)(F)F)cc1)N[C@@H]1C[C@@H]2OCCC[C@@H]21. The number of fused-ring (bicyclic) bond motifs is 1. The topological polar surface area (TPSA) is 50.4 Å². The first kappa shape index (κ1) is 17.1. The Balaban J connectivity index is 1.38. The van der Waals surface area contributed by atoms with Crippen LogP contribution >= 0.6 is 0 Å². The van der Waals surface area contributed by atoms with E-state index in [2.05, 4.69) is 10.6 Å². The molecular formula is C17H21F3N2O2. The summed E-state index contributed by atoms with van der Waals surface area (Å²) in [6.45, 7) is 1.20. The maximum atomic E-state index is 12.5. The van der Waals surface area contributed by atoms with Gasteiger partial charge >= 0.3 is 12.2 Å². The summed E-state index contributed by atoms with van der Waals surface area (Å²) >= 11 is 0. The molecule has 3 rings (SSSR count). The van der Waals surface area contributed by atoms with Gasteiger partial charge in [0.05, 0.1) is 11.7 Å². The molecule has 1 heterocycles. The first-order valence-electron chi connectivity index (χ1n) is 8.25. The number of halogens is 3. The number of hydrogen-bond donors (Lipinski definition) is 2. The first-order chi connectivity index (χ1) is 11.4. The second-order valence-corrected chi connectivity index (χ2v) is 6.40. The molecule has 7 heteroatoms. The van der Waals surface area contributed by atoms with Crippen molar-refractivity contribution in [2.75, 3.05) is 13.2 Å². The molecule has 2 aliphatic rings. The summed E-state index contributed by atoms with van der Waals surface area (Å²) in [5.41, 5.74) is 0.0962. The van der Waals surface area contributed by atoms with Crippen LogP contribution < -0.4 is 10.6 Å². The molecule has 4 nitrogen and oxygen atoms in total. The van der Waals surface area contributed by atoms with E-state index in [1.54, 1.807) is 0 Å². The van der Waals surface area contributed by atoms with Crippen LogP contribution in [0.5, 0.6) is 0 Å². The molecule has 3 atom stereocenters. The van der Waals surface area contributed by atoms with Crippen LogP contribution in [-0.2, 0) is 17.3 Å². The van der Waals surface area contributed by atoms with Crippen LogP contribution in [0, 0.1) is 5.92 Å². The molecule has 1 aliphatic heterocycles. The first-order valence-corrected chi connectivity index (χ1v) is 8.25. The lowest BCUT2D eigenvalue weighted by Crippen LogP contribution is -2.59. The Morgan fingerprint density at radius 3 is 2.67 bits per heavy atom. The average molecular weight is 342 g/mol. The Hall–Kier alpha value is -1.76. The molecule has 0 aromatic heterocycles. The van der Waals surface area contributed by atoms with E-state index in [9.17, 15) is 18.0 Å². The number of nitrogens with one attached hydrogen (secondary N) is 2. The van der Waals surface area contributed by atoms with Crippen molar-refractivity contribution in [1.29, 1.82) is 0 Å². The molecule has 0 unspecified atom stereocenters. The molecule has 2 N–H and O–H groups in total. The number of amides is 2. The van der Waals surface area contributed by atoms with E-state index in [-0.39, 0.29) is 18.2 Å². The fraction of sp³-hybridized carbons (Fsp3) is 0.588. The molecule has 1 aromatic carbocycles. The van der Waals surface area contributed by atoms with Crippen LogP contribution in [0.25, 0.3) is 0 Å². The Morgan fingerprint density at radius 2 is 2.00 bits per heavy atom. The third kappa shape index (κ3) is 4.01. The normalized spacial score (nSPS) is 26.2. The van der Waals surface area contributed by atoms with Crippen LogP contribution in [-0.4, -0.2) is 31.3 Å². The Morgan fingerprint density at radius 1 is 1.25 bits per heavy atom. The number of ether oxygens (including phenoxy) is 1. The van der Waals surface area contributed by atoms with E-state index in [0.717, 1.165) is 43.6 Å². The van der Waals surface area contributed by atoms with Gasteiger partial charge in [0, 0.05) is 25.1 Å². The lowest BCUT2D eigenvalue weighted by Gasteiger charge is -2.47. The van der Waals surface area contributed by atoms with Crippen molar-refractivity contribution in [2.24, 2.45) is 5.92 Å². The van der Waals surface area contributed by atoms with Gasteiger partial charge in [-0.2, -0.15) is 13.2 Å². The number of carbonyl (C=O) groups excluding carboxylic acids is 1. The predicted molar refractivity (Wildman–Crippen MR) is 82.6 cm³/mol. The maximum Gasteiger partial charge on any atom is 0.416 e. The van der Waals surface area contributed by atoms with Crippen molar-refractivity contribution in [3.8, 4) is 0 Å². The van der Waals surface area contributed by atoms with Crippen LogP contribution in [0.1, 0.15) is 30.4 Å². The molecule has 132 valence electrons. The van der Waals surface area contributed by atoms with Gasteiger partial charge in [-0.1, -0.05) is 12.1 Å². The van der Waals surface area contributed by atoms with Crippen LogP contribution in [0.2, 0.25) is 0 Å². The van der Waals surface area contributed by atoms with Gasteiger partial charge in [-0.25, -0.2) is 4.79 Å². The van der Waals surface area contributed by atoms with E-state index >= 15 is 0 Å². The van der Waals surface area contributed by atoms with Gasteiger partial charge in [-0.15, -0.1) is 0 Å². The number of rotatable bonds is 4. The molecule has 1 aliphatic carbocycles. The van der Waals surface area contributed by atoms with E-state index in [1.807, 2.05) is 0 Å². The highest BCUT2D eigenvalue weighted by atomic mass is 19.4. The number of hydrogen-bond acceptors (Lipinski definition) is 2. The molecule has 0 radical (unpaired) electrons. The standard InChI is InChI=1S/C17H21F3N2O2/c18-17(19,20)12-5-3-11(4-6-12)7-8-21-16(23)22-14-10-15-13(14)2-1-9-24-15/h3-6,13-15H,1-2,7-10H2,(H2,21,22,23)/t13-,14-,15+/m1/s1. The minimum atomic E-state index is -4.32. The molecule has 2 amide bonds. The molecule has 1 saturated heterocycles. The molecule has 1 saturated carbocycles. The number of carbonyl (C=O) groups is 1. The molecule has 2 fully saturated rings. The second-order valence-electron chi connectivity index (χ2n) is 6.40. The van der Waals surface area contributed by atoms with Gasteiger partial charge in [0.1, 0.15) is 0 Å². The lowest BCUT2D eigenvalue weighted by molar-refractivity contribution is -0.137. The van der Waals surface area contributed by atoms with E-state index in [0.29, 0.717) is 18.9 Å². The summed E-state index contributed by atoms with van der Waals surface area (Å²) in [5, 5.41) is 5.71. The van der Waals surface area contributed by atoms with Crippen LogP contribution in [0.3, 0.4) is 0 Å². The van der Waals surface area contributed by atoms with Crippen molar-refractivity contribution < 1.29 is 22.7 Å². The minimum Gasteiger partial charge on any atom is -0.378 e. The van der Waals surface area contributed by atoms with Gasteiger partial charge in [0.15, 0.2) is 0 Å². The molecule has 0 bridgehead atoms. The highest BCUT2D eigenvalue weighted by Gasteiger charge is 2.43. The Labute approximate surface area is 138 Å². The predicted octanol–water partition coefficient (Wildman–Crippen LogP) is 3.11. The van der Waals surface area contributed by atoms with Gasteiger partial charge in [0.25, 0.3) is 0 Å². The van der Waals surface area contributed by atoms with Crippen LogP contribution in [0.4, 0.5) is 18.0 Å². The summed E-state index contributed by atoms with van der Waals surface area (Å²) < 4.78 is 43.1. The zero-order chi connectivity index (χ0) is 17.2. The largest absolute Gasteiger partial charge is 0.416 e. The summed E-state index contributed by atoms with van der Waals surface area (Å²) in [4.78, 5) is 11.9. The van der Waals surface area contributed by atoms with Crippen molar-refractivity contribution in [3.05, 3.63) is 35.4 Å². The van der Waals surface area contributed by atoms with Gasteiger partial charge in [-0.3, -0.25) is 0 Å². The number of benzene rings is 1. The molecular weight excluding hydrogens is 321 g/mol. The van der Waals surface area contributed by atoms with Crippen molar-refractivity contribution in [1.82, 2.24) is 10.6 Å². The minimum absolute atomic E-state index is 0.168. The van der Waals surface area contributed by atoms with E-state index < -0.39 is 11.7 Å². The summed E-state index contributed by atoms with van der Waals surface area (Å²) in [6, 6.07) is 4.95. The smallest absolute Gasteiger partial charge is 0.378 e. The van der Waals surface area contributed by atoms with Gasteiger partial charge in [0.2, 0.25) is 0 Å². The maximum absolute atomic E-state index is 12.5. The lowest BCUT2D eigenvalue weighted by atomic mass is 9.72. The third-order valence-electron chi connectivity index (χ3n) is 4.79. The van der Waals surface area contributed by atoms with Crippen molar-refractivity contribution >= 4 is 6.03 Å². The highest BCUT2D eigenvalue weighted by molar-refractivity contribution is 5.74. The van der Waals surface area contributed by atoms with Gasteiger partial charge < -0.3 is 15.4 Å². The Bertz CT molecular complexity index is 574. The zero-order valence-corrected chi connectivity index (χ0v) is 13.2. The molecule has 1 aromatic rings. The van der Waals surface area contributed by atoms with E-state index in [1.165, 1.54) is 12.1 Å². The summed E-state index contributed by atoms with van der Waals surface area (Å²) in [7, 11) is 0. The highest BCUT2D eigenvalue weighted by Crippen LogP contribution is 2.37. The molecule has 24 heavy (non-hydrogen) atoms. The quantitative estimate of drug-likeness (QED) is 0.883. The van der Waals surface area contributed by atoms with Crippen molar-refractivity contribution in [2.45, 2.75) is 44.0 Å². The second kappa shape index (κ2) is 7.01. The summed E-state index contributed by atoms with van der Waals surface area (Å²) in [5.74, 6) is 0.416. The average Bonchev–Trinajstić information content (AvgIpc) is 2.52. The number of urea groups is 1. The van der Waals surface area contributed by atoms with Gasteiger partial charge in [-0.05, 0) is 43.4 Å².